The van der Waals surface area contributed by atoms with E-state index in [4.69, 9.17) is 11.6 Å². The zero-order valence-electron chi connectivity index (χ0n) is 16.1. The highest BCUT2D eigenvalue weighted by Gasteiger charge is 2.21. The van der Waals surface area contributed by atoms with Gasteiger partial charge in [-0.15, -0.1) is 0 Å². The number of thioether (sulfide) groups is 1. The van der Waals surface area contributed by atoms with Crippen LogP contribution in [0.25, 0.3) is 16.9 Å². The summed E-state index contributed by atoms with van der Waals surface area (Å²) in [5.74, 6) is 0.0752. The van der Waals surface area contributed by atoms with Crippen molar-refractivity contribution < 1.29 is 4.79 Å². The third kappa shape index (κ3) is 4.53. The summed E-state index contributed by atoms with van der Waals surface area (Å²) in [4.78, 5) is 25.3. The highest BCUT2D eigenvalue weighted by Crippen LogP contribution is 2.32. The Bertz CT molecular complexity index is 1150. The quantitative estimate of drug-likeness (QED) is 0.426. The van der Waals surface area contributed by atoms with Crippen molar-refractivity contribution in [2.75, 3.05) is 5.32 Å². The van der Waals surface area contributed by atoms with Crippen LogP contribution in [0.2, 0.25) is 5.02 Å². The Balaban J connectivity index is 1.66. The molecule has 4 aromatic rings. The molecule has 2 aromatic heterocycles. The monoisotopic (exact) mass is 435 g/mol. The number of amides is 1. The van der Waals surface area contributed by atoms with E-state index in [2.05, 4.69) is 20.3 Å². The number of imidazole rings is 1. The van der Waals surface area contributed by atoms with Gasteiger partial charge < -0.3 is 0 Å². The van der Waals surface area contributed by atoms with Crippen molar-refractivity contribution in [1.29, 1.82) is 0 Å². The van der Waals surface area contributed by atoms with Crippen molar-refractivity contribution >= 4 is 35.2 Å². The van der Waals surface area contributed by atoms with Gasteiger partial charge in [-0.05, 0) is 31.2 Å². The Kier molecular flexibility index (Phi) is 6.11. The average Bonchev–Trinajstić information content (AvgIpc) is 3.18. The lowest BCUT2D eigenvalue weighted by Crippen LogP contribution is -2.24. The minimum atomic E-state index is -0.419. The Hall–Kier alpha value is -3.16. The van der Waals surface area contributed by atoms with Crippen LogP contribution in [0.1, 0.15) is 6.92 Å². The van der Waals surface area contributed by atoms with Crippen LogP contribution in [-0.2, 0) is 4.79 Å². The SMILES string of the molecule is CC(Sc1ncc(-c2ccccc2)n1-c1cccc(Cl)c1)C(=O)Nc1ncccn1. The van der Waals surface area contributed by atoms with E-state index in [9.17, 15) is 4.79 Å². The van der Waals surface area contributed by atoms with Gasteiger partial charge in [0.1, 0.15) is 0 Å². The van der Waals surface area contributed by atoms with Gasteiger partial charge in [-0.3, -0.25) is 14.7 Å². The van der Waals surface area contributed by atoms with E-state index in [0.717, 1.165) is 16.9 Å². The summed E-state index contributed by atoms with van der Waals surface area (Å²) >= 11 is 7.60. The highest BCUT2D eigenvalue weighted by molar-refractivity contribution is 8.00. The normalized spacial score (nSPS) is 11.8. The first kappa shape index (κ1) is 20.1. The maximum atomic E-state index is 12.6. The van der Waals surface area contributed by atoms with Gasteiger partial charge in [0.25, 0.3) is 0 Å². The van der Waals surface area contributed by atoms with E-state index in [1.165, 1.54) is 11.8 Å². The molecule has 0 radical (unpaired) electrons. The highest BCUT2D eigenvalue weighted by atomic mass is 35.5. The fourth-order valence-electron chi connectivity index (χ4n) is 2.88. The molecular weight excluding hydrogens is 418 g/mol. The van der Waals surface area contributed by atoms with Crippen LogP contribution in [0.3, 0.4) is 0 Å². The lowest BCUT2D eigenvalue weighted by atomic mass is 10.1. The molecule has 0 spiro atoms. The Morgan fingerprint density at radius 3 is 2.53 bits per heavy atom. The molecule has 0 bridgehead atoms. The van der Waals surface area contributed by atoms with Crippen molar-refractivity contribution in [1.82, 2.24) is 19.5 Å². The summed E-state index contributed by atoms with van der Waals surface area (Å²) in [7, 11) is 0. The van der Waals surface area contributed by atoms with Gasteiger partial charge in [0, 0.05) is 28.7 Å². The molecular formula is C22H18ClN5OS. The molecule has 4 rings (SSSR count). The molecule has 2 aromatic carbocycles. The number of nitrogens with one attached hydrogen (secondary N) is 1. The predicted molar refractivity (Wildman–Crippen MR) is 120 cm³/mol. The molecule has 1 amide bonds. The fraction of sp³-hybridized carbons (Fsp3) is 0.0909. The molecule has 30 heavy (non-hydrogen) atoms. The van der Waals surface area contributed by atoms with Crippen LogP contribution in [0, 0.1) is 0 Å². The third-order valence-corrected chi connectivity index (χ3v) is 5.62. The number of benzene rings is 2. The number of anilines is 1. The number of carbonyl (C=O) groups is 1. The van der Waals surface area contributed by atoms with Gasteiger partial charge in [-0.2, -0.15) is 0 Å². The molecule has 1 unspecified atom stereocenters. The van der Waals surface area contributed by atoms with E-state index in [-0.39, 0.29) is 11.9 Å². The first-order valence-corrected chi connectivity index (χ1v) is 10.5. The second-order valence-electron chi connectivity index (χ2n) is 6.43. The maximum absolute atomic E-state index is 12.6. The largest absolute Gasteiger partial charge is 0.294 e. The van der Waals surface area contributed by atoms with Crippen LogP contribution in [0.4, 0.5) is 5.95 Å². The number of hydrogen-bond acceptors (Lipinski definition) is 5. The first-order valence-electron chi connectivity index (χ1n) is 9.25. The summed E-state index contributed by atoms with van der Waals surface area (Å²) in [6.45, 7) is 1.82. The number of carbonyl (C=O) groups excluding carboxylic acids is 1. The molecule has 0 saturated heterocycles. The van der Waals surface area contributed by atoms with Crippen LogP contribution in [0.15, 0.2) is 84.4 Å². The summed E-state index contributed by atoms with van der Waals surface area (Å²) in [6.07, 6.45) is 4.97. The van der Waals surface area contributed by atoms with Gasteiger partial charge in [0.2, 0.25) is 11.9 Å². The van der Waals surface area contributed by atoms with Crippen molar-refractivity contribution in [2.45, 2.75) is 17.3 Å². The van der Waals surface area contributed by atoms with Crippen molar-refractivity contribution in [3.8, 4) is 16.9 Å². The van der Waals surface area contributed by atoms with Crippen molar-refractivity contribution in [3.05, 3.63) is 84.3 Å². The third-order valence-electron chi connectivity index (χ3n) is 4.32. The molecule has 1 N–H and O–H groups in total. The smallest absolute Gasteiger partial charge is 0.240 e. The molecule has 6 nitrogen and oxygen atoms in total. The zero-order chi connectivity index (χ0) is 20.9. The molecule has 150 valence electrons. The van der Waals surface area contributed by atoms with Gasteiger partial charge in [0.15, 0.2) is 5.16 Å². The topological polar surface area (TPSA) is 72.7 Å². The first-order chi connectivity index (χ1) is 14.6. The van der Waals surface area contributed by atoms with E-state index in [1.54, 1.807) is 18.5 Å². The van der Waals surface area contributed by atoms with Gasteiger partial charge in [-0.25, -0.2) is 15.0 Å². The maximum Gasteiger partial charge on any atom is 0.240 e. The predicted octanol–water partition coefficient (Wildman–Crippen LogP) is 5.10. The lowest BCUT2D eigenvalue weighted by molar-refractivity contribution is -0.115. The Morgan fingerprint density at radius 1 is 1.03 bits per heavy atom. The summed E-state index contributed by atoms with van der Waals surface area (Å²) < 4.78 is 2.01. The molecule has 2 heterocycles. The molecule has 0 aliphatic heterocycles. The Labute approximate surface area is 183 Å². The van der Waals surface area contributed by atoms with Gasteiger partial charge in [-0.1, -0.05) is 59.8 Å². The lowest BCUT2D eigenvalue weighted by Gasteiger charge is -2.15. The van der Waals surface area contributed by atoms with Gasteiger partial charge >= 0.3 is 0 Å². The number of halogens is 1. The minimum absolute atomic E-state index is 0.201. The number of rotatable bonds is 6. The molecule has 0 aliphatic carbocycles. The summed E-state index contributed by atoms with van der Waals surface area (Å²) in [5, 5.41) is 3.63. The van der Waals surface area contributed by atoms with Crippen LogP contribution < -0.4 is 5.32 Å². The molecule has 0 fully saturated rings. The minimum Gasteiger partial charge on any atom is -0.294 e. The van der Waals surface area contributed by atoms with E-state index in [1.807, 2.05) is 72.3 Å². The number of nitrogens with zero attached hydrogens (tertiary/aromatic N) is 4. The van der Waals surface area contributed by atoms with Gasteiger partial charge in [0.05, 0.1) is 17.1 Å². The second-order valence-corrected chi connectivity index (χ2v) is 8.17. The van der Waals surface area contributed by atoms with Crippen LogP contribution in [0.5, 0.6) is 0 Å². The molecule has 0 saturated carbocycles. The Morgan fingerprint density at radius 2 is 1.80 bits per heavy atom. The average molecular weight is 436 g/mol. The van der Waals surface area contributed by atoms with Crippen molar-refractivity contribution in [3.63, 3.8) is 0 Å². The number of hydrogen-bond donors (Lipinski definition) is 1. The van der Waals surface area contributed by atoms with E-state index < -0.39 is 5.25 Å². The van der Waals surface area contributed by atoms with Crippen molar-refractivity contribution in [2.24, 2.45) is 0 Å². The summed E-state index contributed by atoms with van der Waals surface area (Å²) in [6, 6.07) is 19.2. The van der Waals surface area contributed by atoms with Crippen LogP contribution in [-0.4, -0.2) is 30.7 Å². The molecule has 8 heteroatoms. The fourth-order valence-corrected chi connectivity index (χ4v) is 3.97. The molecule has 0 aliphatic rings. The molecule has 1 atom stereocenters. The second kappa shape index (κ2) is 9.11. The van der Waals surface area contributed by atoms with E-state index >= 15 is 0 Å². The zero-order valence-corrected chi connectivity index (χ0v) is 17.6. The van der Waals surface area contributed by atoms with Crippen LogP contribution >= 0.6 is 23.4 Å². The standard InChI is InChI=1S/C22H18ClN5OS/c1-15(20(29)27-21-24-11-6-12-25-21)30-22-26-14-19(16-7-3-2-4-8-16)28(22)18-10-5-9-17(23)13-18/h2-15H,1H3,(H,24,25,27,29). The van der Waals surface area contributed by atoms with E-state index in [0.29, 0.717) is 10.2 Å². The summed E-state index contributed by atoms with van der Waals surface area (Å²) in [5.41, 5.74) is 2.81. The number of aromatic nitrogens is 4.